The highest BCUT2D eigenvalue weighted by Gasteiger charge is 2.13. The number of carbonyl (C=O) groups is 2. The van der Waals surface area contributed by atoms with Gasteiger partial charge in [0.05, 0.1) is 12.6 Å². The van der Waals surface area contributed by atoms with Crippen LogP contribution in [0.25, 0.3) is 0 Å². The van der Waals surface area contributed by atoms with Crippen LogP contribution >= 0.6 is 15.9 Å². The summed E-state index contributed by atoms with van der Waals surface area (Å²) >= 11 is 3.29. The topological polar surface area (TPSA) is 99.8 Å². The normalized spacial score (nSPS) is 11.7. The number of hydrogen-bond acceptors (Lipinski definition) is 4. The molecule has 0 aliphatic rings. The lowest BCUT2D eigenvalue weighted by atomic mass is 10.2. The average Bonchev–Trinajstić information content (AvgIpc) is 3.00. The van der Waals surface area contributed by atoms with Crippen molar-refractivity contribution < 1.29 is 9.59 Å². The molecule has 0 saturated carbocycles. The Balaban J connectivity index is 1.81. The van der Waals surface area contributed by atoms with Crippen LogP contribution in [0, 0.1) is 0 Å². The van der Waals surface area contributed by atoms with Crippen molar-refractivity contribution in [2.24, 2.45) is 0 Å². The van der Waals surface area contributed by atoms with Crippen molar-refractivity contribution in [2.45, 2.75) is 13.0 Å². The van der Waals surface area contributed by atoms with Gasteiger partial charge in [-0.1, -0.05) is 15.9 Å². The molecule has 0 saturated heterocycles. The van der Waals surface area contributed by atoms with E-state index in [2.05, 4.69) is 41.7 Å². The molecule has 1 heterocycles. The molecule has 0 aliphatic carbocycles. The number of hydrogen-bond donors (Lipinski definition) is 3. The molecule has 0 aliphatic heterocycles. The Bertz CT molecular complexity index is 612. The van der Waals surface area contributed by atoms with E-state index in [0.29, 0.717) is 11.4 Å². The van der Waals surface area contributed by atoms with Gasteiger partial charge in [0.15, 0.2) is 0 Å². The quantitative estimate of drug-likeness (QED) is 0.752. The first-order valence-corrected chi connectivity index (χ1v) is 7.04. The number of carbonyl (C=O) groups excluding carboxylic acids is 2. The summed E-state index contributed by atoms with van der Waals surface area (Å²) in [4.78, 5) is 27.5. The van der Waals surface area contributed by atoms with E-state index in [9.17, 15) is 9.59 Å². The van der Waals surface area contributed by atoms with Gasteiger partial charge in [0, 0.05) is 10.0 Å². The third-order valence-electron chi connectivity index (χ3n) is 2.74. The molecule has 21 heavy (non-hydrogen) atoms. The average molecular weight is 352 g/mol. The van der Waals surface area contributed by atoms with Crippen LogP contribution in [0.15, 0.2) is 35.1 Å². The van der Waals surface area contributed by atoms with E-state index in [4.69, 9.17) is 0 Å². The van der Waals surface area contributed by atoms with E-state index in [1.54, 1.807) is 31.2 Å². The SMILES string of the molecule is CC(NC(=O)CNC(=O)c1ccc(Br)cc1)c1ncn[nH]1. The maximum absolute atomic E-state index is 11.8. The Morgan fingerprint density at radius 2 is 2.05 bits per heavy atom. The smallest absolute Gasteiger partial charge is 0.251 e. The highest BCUT2D eigenvalue weighted by Crippen LogP contribution is 2.10. The van der Waals surface area contributed by atoms with Gasteiger partial charge in [-0.05, 0) is 31.2 Å². The van der Waals surface area contributed by atoms with Gasteiger partial charge in [-0.3, -0.25) is 14.7 Å². The van der Waals surface area contributed by atoms with Crippen molar-refractivity contribution in [3.63, 3.8) is 0 Å². The minimum atomic E-state index is -0.302. The van der Waals surface area contributed by atoms with Crippen molar-refractivity contribution in [3.05, 3.63) is 46.5 Å². The highest BCUT2D eigenvalue weighted by atomic mass is 79.9. The van der Waals surface area contributed by atoms with Crippen molar-refractivity contribution in [1.82, 2.24) is 25.8 Å². The number of nitrogens with one attached hydrogen (secondary N) is 3. The molecule has 8 heteroatoms. The van der Waals surface area contributed by atoms with Crippen LogP contribution < -0.4 is 10.6 Å². The summed E-state index contributed by atoms with van der Waals surface area (Å²) in [5.41, 5.74) is 0.495. The molecule has 0 bridgehead atoms. The monoisotopic (exact) mass is 351 g/mol. The first kappa shape index (κ1) is 15.2. The van der Waals surface area contributed by atoms with Gasteiger partial charge >= 0.3 is 0 Å². The van der Waals surface area contributed by atoms with Gasteiger partial charge < -0.3 is 10.6 Å². The fraction of sp³-hybridized carbons (Fsp3) is 0.231. The van der Waals surface area contributed by atoms with E-state index < -0.39 is 0 Å². The Kier molecular flexibility index (Phi) is 5.04. The van der Waals surface area contributed by atoms with Crippen molar-refractivity contribution in [1.29, 1.82) is 0 Å². The van der Waals surface area contributed by atoms with Crippen LogP contribution in [0.1, 0.15) is 29.1 Å². The highest BCUT2D eigenvalue weighted by molar-refractivity contribution is 9.10. The summed E-state index contributed by atoms with van der Waals surface area (Å²) < 4.78 is 0.887. The third kappa shape index (κ3) is 4.38. The molecule has 1 unspecified atom stereocenters. The molecule has 7 nitrogen and oxygen atoms in total. The summed E-state index contributed by atoms with van der Waals surface area (Å²) in [6, 6.07) is 6.58. The Morgan fingerprint density at radius 3 is 2.67 bits per heavy atom. The van der Waals surface area contributed by atoms with Crippen LogP contribution in [-0.2, 0) is 4.79 Å². The first-order chi connectivity index (χ1) is 10.1. The Morgan fingerprint density at radius 1 is 1.33 bits per heavy atom. The molecule has 0 fully saturated rings. The molecule has 2 rings (SSSR count). The molecule has 1 atom stereocenters. The molecule has 2 aromatic rings. The largest absolute Gasteiger partial charge is 0.345 e. The zero-order valence-electron chi connectivity index (χ0n) is 11.3. The number of nitrogens with zero attached hydrogens (tertiary/aromatic N) is 2. The van der Waals surface area contributed by atoms with Crippen molar-refractivity contribution in [2.75, 3.05) is 6.54 Å². The second-order valence-corrected chi connectivity index (χ2v) is 5.27. The predicted molar refractivity (Wildman–Crippen MR) is 79.4 cm³/mol. The fourth-order valence-corrected chi connectivity index (χ4v) is 1.91. The van der Waals surface area contributed by atoms with Gasteiger partial charge in [-0.15, -0.1) is 0 Å². The van der Waals surface area contributed by atoms with E-state index in [-0.39, 0.29) is 24.4 Å². The van der Waals surface area contributed by atoms with E-state index in [1.165, 1.54) is 6.33 Å². The van der Waals surface area contributed by atoms with Crippen LogP contribution in [0.2, 0.25) is 0 Å². The number of rotatable bonds is 5. The van der Waals surface area contributed by atoms with Gasteiger partial charge in [0.1, 0.15) is 12.2 Å². The lowest BCUT2D eigenvalue weighted by Gasteiger charge is -2.11. The van der Waals surface area contributed by atoms with Gasteiger partial charge in [0.25, 0.3) is 5.91 Å². The molecule has 2 amide bonds. The number of aromatic amines is 1. The van der Waals surface area contributed by atoms with E-state index in [1.807, 2.05) is 0 Å². The van der Waals surface area contributed by atoms with Crippen LogP contribution in [0.3, 0.4) is 0 Å². The summed E-state index contributed by atoms with van der Waals surface area (Å²) in [6.45, 7) is 1.67. The maximum Gasteiger partial charge on any atom is 0.251 e. The molecule has 0 spiro atoms. The minimum absolute atomic E-state index is 0.104. The zero-order chi connectivity index (χ0) is 15.2. The number of halogens is 1. The summed E-state index contributed by atoms with van der Waals surface area (Å²) in [7, 11) is 0. The van der Waals surface area contributed by atoms with Gasteiger partial charge in [0.2, 0.25) is 5.91 Å². The molecular weight excluding hydrogens is 338 g/mol. The summed E-state index contributed by atoms with van der Waals surface area (Å²) in [5, 5.41) is 11.6. The molecular formula is C13H14BrN5O2. The lowest BCUT2D eigenvalue weighted by molar-refractivity contribution is -0.120. The fourth-order valence-electron chi connectivity index (χ4n) is 1.65. The van der Waals surface area contributed by atoms with Gasteiger partial charge in [-0.2, -0.15) is 5.10 Å². The van der Waals surface area contributed by atoms with E-state index in [0.717, 1.165) is 4.47 Å². The second-order valence-electron chi connectivity index (χ2n) is 4.35. The Hall–Kier alpha value is -2.22. The summed E-state index contributed by atoms with van der Waals surface area (Å²) in [5.74, 6) is -0.0445. The van der Waals surface area contributed by atoms with Crippen LogP contribution in [0.5, 0.6) is 0 Å². The maximum atomic E-state index is 11.8. The Labute approximate surface area is 129 Å². The minimum Gasteiger partial charge on any atom is -0.345 e. The predicted octanol–water partition coefficient (Wildman–Crippen LogP) is 1.17. The van der Waals surface area contributed by atoms with Crippen molar-refractivity contribution in [3.8, 4) is 0 Å². The second kappa shape index (κ2) is 6.98. The molecule has 3 N–H and O–H groups in total. The number of aromatic nitrogens is 3. The third-order valence-corrected chi connectivity index (χ3v) is 3.27. The zero-order valence-corrected chi connectivity index (χ0v) is 12.8. The molecule has 0 radical (unpaired) electrons. The standard InChI is InChI=1S/C13H14BrN5O2/c1-8(12-16-7-17-19-12)18-11(20)6-15-13(21)9-2-4-10(14)5-3-9/h2-5,7-8H,6H2,1H3,(H,15,21)(H,18,20)(H,16,17,19). The van der Waals surface area contributed by atoms with Crippen LogP contribution in [-0.4, -0.2) is 33.5 Å². The molecule has 1 aromatic heterocycles. The molecule has 1 aromatic carbocycles. The lowest BCUT2D eigenvalue weighted by Crippen LogP contribution is -2.38. The number of amides is 2. The van der Waals surface area contributed by atoms with E-state index >= 15 is 0 Å². The molecule has 110 valence electrons. The van der Waals surface area contributed by atoms with Gasteiger partial charge in [-0.25, -0.2) is 4.98 Å². The first-order valence-electron chi connectivity index (χ1n) is 6.24. The number of benzene rings is 1. The summed E-state index contributed by atoms with van der Waals surface area (Å²) in [6.07, 6.45) is 1.37. The van der Waals surface area contributed by atoms with Crippen molar-refractivity contribution >= 4 is 27.7 Å². The van der Waals surface area contributed by atoms with Crippen LogP contribution in [0.4, 0.5) is 0 Å². The number of H-pyrrole nitrogens is 1.